The van der Waals surface area contributed by atoms with Crippen LogP contribution in [0.1, 0.15) is 29.5 Å². The molecule has 0 radical (unpaired) electrons. The van der Waals surface area contributed by atoms with Gasteiger partial charge in [-0.1, -0.05) is 29.8 Å². The van der Waals surface area contributed by atoms with Gasteiger partial charge >= 0.3 is 0 Å². The van der Waals surface area contributed by atoms with E-state index in [1.54, 1.807) is 0 Å². The Labute approximate surface area is 131 Å². The molecule has 0 unspecified atom stereocenters. The molecule has 3 heteroatoms. The van der Waals surface area contributed by atoms with Crippen LogP contribution in [0.4, 0.5) is 0 Å². The van der Waals surface area contributed by atoms with Gasteiger partial charge in [0.05, 0.1) is 0 Å². The van der Waals surface area contributed by atoms with Crippen molar-refractivity contribution in [3.05, 3.63) is 58.1 Å². The Bertz CT molecular complexity index is 650. The van der Waals surface area contributed by atoms with Gasteiger partial charge in [0, 0.05) is 17.6 Å². The highest BCUT2D eigenvalue weighted by Gasteiger charge is 2.20. The summed E-state index contributed by atoms with van der Waals surface area (Å²) in [6, 6.07) is 12.8. The standard InChI is InChI=1S/C18H20ClNO/c1-12-3-4-13(2)18(9-12)21-16-8-5-14(17(19)10-16)11-20-15-6-7-15/h3-5,8-10,15,20H,6-7,11H2,1-2H3. The molecule has 1 aliphatic rings. The first-order valence-electron chi connectivity index (χ1n) is 7.39. The van der Waals surface area contributed by atoms with E-state index in [2.05, 4.69) is 24.4 Å². The van der Waals surface area contributed by atoms with Gasteiger partial charge in [-0.3, -0.25) is 0 Å². The van der Waals surface area contributed by atoms with E-state index in [1.165, 1.54) is 18.4 Å². The lowest BCUT2D eigenvalue weighted by Gasteiger charge is -2.12. The van der Waals surface area contributed by atoms with Crippen LogP contribution in [-0.2, 0) is 6.54 Å². The fourth-order valence-corrected chi connectivity index (χ4v) is 2.46. The van der Waals surface area contributed by atoms with Gasteiger partial charge in [-0.05, 0) is 61.6 Å². The monoisotopic (exact) mass is 301 g/mol. The highest BCUT2D eigenvalue weighted by molar-refractivity contribution is 6.31. The van der Waals surface area contributed by atoms with E-state index in [9.17, 15) is 0 Å². The molecule has 110 valence electrons. The minimum atomic E-state index is 0.687. The number of rotatable bonds is 5. The van der Waals surface area contributed by atoms with Crippen molar-refractivity contribution in [1.29, 1.82) is 0 Å². The predicted octanol–water partition coefficient (Wildman–Crippen LogP) is 5.00. The molecule has 0 aliphatic heterocycles. The van der Waals surface area contributed by atoms with Gasteiger partial charge in [0.2, 0.25) is 0 Å². The number of hydrogen-bond donors (Lipinski definition) is 1. The minimum Gasteiger partial charge on any atom is -0.457 e. The Balaban J connectivity index is 1.73. The molecule has 0 atom stereocenters. The Morgan fingerprint density at radius 1 is 1.14 bits per heavy atom. The lowest BCUT2D eigenvalue weighted by molar-refractivity contribution is 0.478. The molecule has 0 amide bonds. The Morgan fingerprint density at radius 3 is 2.67 bits per heavy atom. The number of nitrogens with one attached hydrogen (secondary N) is 1. The predicted molar refractivity (Wildman–Crippen MR) is 87.3 cm³/mol. The molecule has 1 N–H and O–H groups in total. The van der Waals surface area contributed by atoms with E-state index in [0.717, 1.165) is 34.2 Å². The van der Waals surface area contributed by atoms with E-state index in [-0.39, 0.29) is 0 Å². The van der Waals surface area contributed by atoms with Crippen molar-refractivity contribution >= 4 is 11.6 Å². The van der Waals surface area contributed by atoms with Gasteiger partial charge in [-0.2, -0.15) is 0 Å². The summed E-state index contributed by atoms with van der Waals surface area (Å²) in [5.74, 6) is 1.67. The zero-order valence-corrected chi connectivity index (χ0v) is 13.2. The first-order valence-corrected chi connectivity index (χ1v) is 7.76. The average molecular weight is 302 g/mol. The normalized spacial score (nSPS) is 14.2. The molecule has 0 saturated heterocycles. The van der Waals surface area contributed by atoms with Crippen molar-refractivity contribution in [2.24, 2.45) is 0 Å². The number of ether oxygens (including phenoxy) is 1. The van der Waals surface area contributed by atoms with E-state index < -0.39 is 0 Å². The first-order chi connectivity index (χ1) is 10.1. The Morgan fingerprint density at radius 2 is 1.95 bits per heavy atom. The van der Waals surface area contributed by atoms with Gasteiger partial charge in [0.1, 0.15) is 11.5 Å². The first kappa shape index (κ1) is 14.4. The molecule has 1 aliphatic carbocycles. The van der Waals surface area contributed by atoms with Gasteiger partial charge in [0.25, 0.3) is 0 Å². The third-order valence-electron chi connectivity index (χ3n) is 3.75. The molecule has 0 aromatic heterocycles. The molecule has 2 aromatic rings. The van der Waals surface area contributed by atoms with Gasteiger partial charge in [0.15, 0.2) is 0 Å². The minimum absolute atomic E-state index is 0.687. The molecule has 1 fully saturated rings. The quantitative estimate of drug-likeness (QED) is 0.839. The lowest BCUT2D eigenvalue weighted by Crippen LogP contribution is -2.15. The van der Waals surface area contributed by atoms with Crippen molar-refractivity contribution in [1.82, 2.24) is 5.32 Å². The second kappa shape index (κ2) is 6.08. The number of benzene rings is 2. The topological polar surface area (TPSA) is 21.3 Å². The molecule has 0 spiro atoms. The summed E-state index contributed by atoms with van der Waals surface area (Å²) in [5, 5.41) is 4.23. The fourth-order valence-electron chi connectivity index (χ4n) is 2.22. The summed E-state index contributed by atoms with van der Waals surface area (Å²) in [6.07, 6.45) is 2.57. The summed E-state index contributed by atoms with van der Waals surface area (Å²) < 4.78 is 5.96. The Kier molecular flexibility index (Phi) is 4.18. The smallest absolute Gasteiger partial charge is 0.130 e. The summed E-state index contributed by atoms with van der Waals surface area (Å²) in [5.41, 5.74) is 3.43. The molecule has 3 rings (SSSR count). The lowest BCUT2D eigenvalue weighted by atomic mass is 10.1. The third-order valence-corrected chi connectivity index (χ3v) is 4.11. The maximum atomic E-state index is 6.35. The van der Waals surface area contributed by atoms with Crippen LogP contribution in [0.5, 0.6) is 11.5 Å². The van der Waals surface area contributed by atoms with Crippen LogP contribution in [0, 0.1) is 13.8 Å². The molecule has 2 nitrogen and oxygen atoms in total. The van der Waals surface area contributed by atoms with Crippen molar-refractivity contribution < 1.29 is 4.74 Å². The number of aryl methyl sites for hydroxylation is 2. The fraction of sp³-hybridized carbons (Fsp3) is 0.333. The molecule has 1 saturated carbocycles. The van der Waals surface area contributed by atoms with Gasteiger partial charge < -0.3 is 10.1 Å². The average Bonchev–Trinajstić information content (AvgIpc) is 3.26. The second-order valence-electron chi connectivity index (χ2n) is 5.78. The van der Waals surface area contributed by atoms with Crippen molar-refractivity contribution in [2.45, 2.75) is 39.3 Å². The van der Waals surface area contributed by atoms with E-state index in [0.29, 0.717) is 6.04 Å². The van der Waals surface area contributed by atoms with E-state index in [4.69, 9.17) is 16.3 Å². The SMILES string of the molecule is Cc1ccc(C)c(Oc2ccc(CNC3CC3)c(Cl)c2)c1. The second-order valence-corrected chi connectivity index (χ2v) is 6.19. The van der Waals surface area contributed by atoms with Crippen LogP contribution in [0.25, 0.3) is 0 Å². The Hall–Kier alpha value is -1.51. The number of hydrogen-bond acceptors (Lipinski definition) is 2. The van der Waals surface area contributed by atoms with Crippen LogP contribution >= 0.6 is 11.6 Å². The van der Waals surface area contributed by atoms with E-state index in [1.807, 2.05) is 31.2 Å². The third kappa shape index (κ3) is 3.78. The number of halogens is 1. The summed E-state index contributed by atoms with van der Waals surface area (Å²) >= 11 is 6.35. The maximum Gasteiger partial charge on any atom is 0.130 e. The summed E-state index contributed by atoms with van der Waals surface area (Å²) in [6.45, 7) is 4.93. The van der Waals surface area contributed by atoms with Crippen LogP contribution in [0.2, 0.25) is 5.02 Å². The highest BCUT2D eigenvalue weighted by Crippen LogP contribution is 2.30. The van der Waals surface area contributed by atoms with Crippen LogP contribution in [-0.4, -0.2) is 6.04 Å². The molecule has 21 heavy (non-hydrogen) atoms. The largest absolute Gasteiger partial charge is 0.457 e. The van der Waals surface area contributed by atoms with Gasteiger partial charge in [-0.15, -0.1) is 0 Å². The molecule has 2 aromatic carbocycles. The molecule has 0 bridgehead atoms. The zero-order chi connectivity index (χ0) is 14.8. The maximum absolute atomic E-state index is 6.35. The van der Waals surface area contributed by atoms with Crippen LogP contribution in [0.15, 0.2) is 36.4 Å². The zero-order valence-electron chi connectivity index (χ0n) is 12.4. The summed E-state index contributed by atoms with van der Waals surface area (Å²) in [7, 11) is 0. The molecular weight excluding hydrogens is 282 g/mol. The van der Waals surface area contributed by atoms with E-state index >= 15 is 0 Å². The summed E-state index contributed by atoms with van der Waals surface area (Å²) in [4.78, 5) is 0. The van der Waals surface area contributed by atoms with Crippen molar-refractivity contribution in [3.63, 3.8) is 0 Å². The van der Waals surface area contributed by atoms with Crippen molar-refractivity contribution in [3.8, 4) is 11.5 Å². The van der Waals surface area contributed by atoms with Gasteiger partial charge in [-0.25, -0.2) is 0 Å². The highest BCUT2D eigenvalue weighted by atomic mass is 35.5. The van der Waals surface area contributed by atoms with Crippen LogP contribution < -0.4 is 10.1 Å². The van der Waals surface area contributed by atoms with Crippen molar-refractivity contribution in [2.75, 3.05) is 0 Å². The van der Waals surface area contributed by atoms with Crippen LogP contribution in [0.3, 0.4) is 0 Å². The molecule has 0 heterocycles. The molecular formula is C18H20ClNO.